The van der Waals surface area contributed by atoms with E-state index in [1.165, 1.54) is 12.1 Å². The second kappa shape index (κ2) is 7.06. The molecule has 2 rings (SSSR count). The topological polar surface area (TPSA) is 105 Å². The number of benzene rings is 2. The van der Waals surface area contributed by atoms with E-state index in [2.05, 4.69) is 4.72 Å². The van der Waals surface area contributed by atoms with Crippen molar-refractivity contribution in [3.05, 3.63) is 54.1 Å². The third-order valence-corrected chi connectivity index (χ3v) is 4.27. The van der Waals surface area contributed by atoms with Gasteiger partial charge in [-0.05, 0) is 24.3 Å². The highest BCUT2D eigenvalue weighted by Gasteiger charge is 2.16. The molecule has 2 aromatic rings. The molecule has 0 spiro atoms. The van der Waals surface area contributed by atoms with Gasteiger partial charge in [0, 0.05) is 12.8 Å². The average Bonchev–Trinajstić information content (AvgIpc) is 2.53. The number of hydrogen-bond donors (Lipinski definition) is 3. The van der Waals surface area contributed by atoms with Gasteiger partial charge in [0.2, 0.25) is 0 Å². The van der Waals surface area contributed by atoms with Crippen molar-refractivity contribution in [1.29, 1.82) is 5.41 Å². The van der Waals surface area contributed by atoms with Crippen LogP contribution >= 0.6 is 0 Å². The van der Waals surface area contributed by atoms with E-state index in [1.54, 1.807) is 36.4 Å². The summed E-state index contributed by atoms with van der Waals surface area (Å²) < 4.78 is 32.6. The zero-order valence-corrected chi connectivity index (χ0v) is 12.6. The Hall–Kier alpha value is -2.38. The molecule has 0 aliphatic carbocycles. The summed E-state index contributed by atoms with van der Waals surface area (Å²) in [5.41, 5.74) is 6.03. The van der Waals surface area contributed by atoms with Gasteiger partial charge in [-0.15, -0.1) is 0 Å². The highest BCUT2D eigenvalue weighted by Crippen LogP contribution is 2.26. The number of nitrogens with two attached hydrogens (primary N) is 1. The third-order valence-electron chi connectivity index (χ3n) is 2.88. The first-order valence-electron chi connectivity index (χ1n) is 6.62. The summed E-state index contributed by atoms with van der Waals surface area (Å²) in [5, 5.41) is 7.50. The van der Waals surface area contributed by atoms with Gasteiger partial charge >= 0.3 is 0 Å². The van der Waals surface area contributed by atoms with Gasteiger partial charge < -0.3 is 15.9 Å². The summed E-state index contributed by atoms with van der Waals surface area (Å²) >= 11 is 0. The van der Waals surface area contributed by atoms with Gasteiger partial charge in [-0.25, -0.2) is 8.42 Å². The molecule has 0 amide bonds. The number of hydrogen-bond acceptors (Lipinski definition) is 5. The van der Waals surface area contributed by atoms with Crippen LogP contribution in [0.4, 0.5) is 5.69 Å². The van der Waals surface area contributed by atoms with E-state index >= 15 is 0 Å². The molecule has 4 N–H and O–H groups in total. The van der Waals surface area contributed by atoms with Gasteiger partial charge in [0.25, 0.3) is 10.0 Å². The van der Waals surface area contributed by atoms with Crippen molar-refractivity contribution >= 4 is 21.9 Å². The van der Waals surface area contributed by atoms with Gasteiger partial charge in [0.15, 0.2) is 0 Å². The molecule has 6 nitrogen and oxygen atoms in total. The molecule has 7 heteroatoms. The molecular weight excluding hydrogens is 302 g/mol. The Morgan fingerprint density at radius 2 is 1.86 bits per heavy atom. The first kappa shape index (κ1) is 16.0. The van der Waals surface area contributed by atoms with Crippen molar-refractivity contribution in [3.63, 3.8) is 0 Å². The molecule has 0 saturated carbocycles. The second-order valence-corrected chi connectivity index (χ2v) is 6.10. The maximum Gasteiger partial charge on any atom is 0.261 e. The first-order valence-corrected chi connectivity index (χ1v) is 8.11. The maximum atomic E-state index is 12.3. The second-order valence-electron chi connectivity index (χ2n) is 4.42. The van der Waals surface area contributed by atoms with E-state index in [0.717, 1.165) is 6.21 Å². The predicted octanol–water partition coefficient (Wildman–Crippen LogP) is 1.82. The quantitative estimate of drug-likeness (QED) is 0.677. The summed E-state index contributed by atoms with van der Waals surface area (Å²) in [5.74, 6) is 0.411. The van der Waals surface area contributed by atoms with E-state index in [1.807, 2.05) is 0 Å². The predicted molar refractivity (Wildman–Crippen MR) is 86.1 cm³/mol. The minimum Gasteiger partial charge on any atom is -0.492 e. The van der Waals surface area contributed by atoms with Crippen molar-refractivity contribution < 1.29 is 13.2 Å². The molecule has 116 valence electrons. The van der Waals surface area contributed by atoms with Crippen LogP contribution in [0, 0.1) is 5.41 Å². The zero-order chi connectivity index (χ0) is 16.0. The van der Waals surface area contributed by atoms with Crippen LogP contribution in [0.15, 0.2) is 53.4 Å². The van der Waals surface area contributed by atoms with Crippen molar-refractivity contribution in [3.8, 4) is 5.75 Å². The van der Waals surface area contributed by atoms with Gasteiger partial charge in [0.1, 0.15) is 12.4 Å². The Labute approximate surface area is 129 Å². The SMILES string of the molecule is N=Cc1c(NS(=O)(=O)c2ccccc2)cccc1OCCN. The van der Waals surface area contributed by atoms with Crippen LogP contribution in [0.25, 0.3) is 0 Å². The van der Waals surface area contributed by atoms with Gasteiger partial charge in [0.05, 0.1) is 16.1 Å². The highest BCUT2D eigenvalue weighted by molar-refractivity contribution is 7.92. The average molecular weight is 319 g/mol. The van der Waals surface area contributed by atoms with Crippen LogP contribution in [0.5, 0.6) is 5.75 Å². The Bertz CT molecular complexity index is 746. The van der Waals surface area contributed by atoms with Crippen LogP contribution in [0.3, 0.4) is 0 Å². The molecular formula is C15H17N3O3S. The van der Waals surface area contributed by atoms with E-state index in [4.69, 9.17) is 15.9 Å². The van der Waals surface area contributed by atoms with Crippen LogP contribution in [0.2, 0.25) is 0 Å². The number of sulfonamides is 1. The summed E-state index contributed by atoms with van der Waals surface area (Å²) in [6.07, 6.45) is 1.05. The lowest BCUT2D eigenvalue weighted by Gasteiger charge is -2.14. The molecule has 0 fully saturated rings. The fourth-order valence-corrected chi connectivity index (χ4v) is 2.98. The molecule has 0 bridgehead atoms. The summed E-state index contributed by atoms with van der Waals surface area (Å²) in [6, 6.07) is 12.9. The fourth-order valence-electron chi connectivity index (χ4n) is 1.88. The summed E-state index contributed by atoms with van der Waals surface area (Å²) in [4.78, 5) is 0.152. The summed E-state index contributed by atoms with van der Waals surface area (Å²) in [7, 11) is -3.72. The third kappa shape index (κ3) is 3.63. The molecule has 0 aliphatic rings. The number of rotatable bonds is 7. The van der Waals surface area contributed by atoms with E-state index in [0.29, 0.717) is 17.9 Å². The Morgan fingerprint density at radius 1 is 1.14 bits per heavy atom. The molecule has 2 aromatic carbocycles. The van der Waals surface area contributed by atoms with E-state index in [-0.39, 0.29) is 17.2 Å². The summed E-state index contributed by atoms with van der Waals surface area (Å²) in [6.45, 7) is 0.618. The molecule has 0 radical (unpaired) electrons. The fraction of sp³-hybridized carbons (Fsp3) is 0.133. The first-order chi connectivity index (χ1) is 10.6. The lowest BCUT2D eigenvalue weighted by atomic mass is 10.2. The lowest BCUT2D eigenvalue weighted by Crippen LogP contribution is -2.15. The molecule has 0 aromatic heterocycles. The Morgan fingerprint density at radius 3 is 2.50 bits per heavy atom. The molecule has 0 unspecified atom stereocenters. The monoisotopic (exact) mass is 319 g/mol. The van der Waals surface area contributed by atoms with Crippen LogP contribution < -0.4 is 15.2 Å². The van der Waals surface area contributed by atoms with E-state index in [9.17, 15) is 8.42 Å². The smallest absolute Gasteiger partial charge is 0.261 e. The van der Waals surface area contributed by atoms with Gasteiger partial charge in [-0.2, -0.15) is 0 Å². The standard InChI is InChI=1S/C15H17N3O3S/c16-9-10-21-15-8-4-7-14(13(15)11-17)18-22(19,20)12-5-2-1-3-6-12/h1-8,11,17-18H,9-10,16H2. The Kier molecular flexibility index (Phi) is 5.13. The van der Waals surface area contributed by atoms with E-state index < -0.39 is 10.0 Å². The van der Waals surface area contributed by atoms with Crippen molar-refractivity contribution in [2.45, 2.75) is 4.90 Å². The molecule has 0 saturated heterocycles. The molecule has 22 heavy (non-hydrogen) atoms. The number of anilines is 1. The minimum absolute atomic E-state index is 0.152. The molecule has 0 aliphatic heterocycles. The molecule has 0 atom stereocenters. The van der Waals surface area contributed by atoms with Crippen molar-refractivity contribution in [1.82, 2.24) is 0 Å². The molecule has 0 heterocycles. The van der Waals surface area contributed by atoms with Crippen LogP contribution in [-0.4, -0.2) is 27.8 Å². The van der Waals surface area contributed by atoms with Gasteiger partial charge in [-0.3, -0.25) is 4.72 Å². The van der Waals surface area contributed by atoms with Crippen molar-refractivity contribution in [2.24, 2.45) is 5.73 Å². The number of ether oxygens (including phenoxy) is 1. The van der Waals surface area contributed by atoms with Crippen LogP contribution in [0.1, 0.15) is 5.56 Å². The van der Waals surface area contributed by atoms with Gasteiger partial charge in [-0.1, -0.05) is 24.3 Å². The zero-order valence-electron chi connectivity index (χ0n) is 11.8. The Balaban J connectivity index is 2.35. The number of nitrogens with one attached hydrogen (secondary N) is 2. The van der Waals surface area contributed by atoms with Crippen molar-refractivity contribution in [2.75, 3.05) is 17.9 Å². The normalized spacial score (nSPS) is 11.0. The minimum atomic E-state index is -3.72. The lowest BCUT2D eigenvalue weighted by molar-refractivity contribution is 0.328. The van der Waals surface area contributed by atoms with Crippen LogP contribution in [-0.2, 0) is 10.0 Å². The largest absolute Gasteiger partial charge is 0.492 e. The highest BCUT2D eigenvalue weighted by atomic mass is 32.2. The maximum absolute atomic E-state index is 12.3.